The van der Waals surface area contributed by atoms with Gasteiger partial charge in [-0.2, -0.15) is 0 Å². The van der Waals surface area contributed by atoms with E-state index >= 15 is 0 Å². The van der Waals surface area contributed by atoms with Gasteiger partial charge in [-0.1, -0.05) is 23.6 Å². The fraction of sp³-hybridized carbons (Fsp3) is 0.182. The van der Waals surface area contributed by atoms with E-state index in [-0.39, 0.29) is 12.5 Å². The van der Waals surface area contributed by atoms with Crippen molar-refractivity contribution in [1.82, 2.24) is 5.32 Å². The molecule has 0 aromatic heterocycles. The van der Waals surface area contributed by atoms with Crippen molar-refractivity contribution in [3.05, 3.63) is 35.4 Å². The van der Waals surface area contributed by atoms with Crippen LogP contribution in [0.25, 0.3) is 0 Å². The third kappa shape index (κ3) is 2.64. The Kier molecular flexibility index (Phi) is 3.10. The smallest absolute Gasteiger partial charge is 0.252 e. The molecule has 0 unspecified atom stereocenters. The van der Waals surface area contributed by atoms with E-state index in [2.05, 4.69) is 11.2 Å². The van der Waals surface area contributed by atoms with Crippen molar-refractivity contribution in [3.8, 4) is 12.3 Å². The minimum absolute atomic E-state index is 0.127. The Balaban J connectivity index is 2.68. The predicted octanol–water partition coefficient (Wildman–Crippen LogP) is 1.36. The van der Waals surface area contributed by atoms with E-state index in [0.29, 0.717) is 5.56 Å². The van der Waals surface area contributed by atoms with Gasteiger partial charge in [-0.3, -0.25) is 4.79 Å². The van der Waals surface area contributed by atoms with Gasteiger partial charge in [0.25, 0.3) is 5.91 Å². The van der Waals surface area contributed by atoms with E-state index in [1.54, 1.807) is 12.1 Å². The lowest BCUT2D eigenvalue weighted by atomic mass is 10.1. The van der Waals surface area contributed by atoms with Gasteiger partial charge in [0.1, 0.15) is 0 Å². The highest BCUT2D eigenvalue weighted by molar-refractivity contribution is 5.94. The molecule has 13 heavy (non-hydrogen) atoms. The minimum Gasteiger partial charge on any atom is -0.341 e. The summed E-state index contributed by atoms with van der Waals surface area (Å²) in [5.74, 6) is 2.22. The van der Waals surface area contributed by atoms with Crippen LogP contribution in [-0.4, -0.2) is 12.5 Å². The molecule has 1 N–H and O–H groups in total. The number of rotatable bonds is 2. The summed E-state index contributed by atoms with van der Waals surface area (Å²) in [5, 5.41) is 2.59. The topological polar surface area (TPSA) is 29.1 Å². The number of hydrogen-bond acceptors (Lipinski definition) is 1. The lowest BCUT2D eigenvalue weighted by molar-refractivity contribution is 0.0958. The van der Waals surface area contributed by atoms with E-state index in [1.165, 1.54) is 0 Å². The van der Waals surface area contributed by atoms with Crippen molar-refractivity contribution in [1.29, 1.82) is 0 Å². The van der Waals surface area contributed by atoms with Gasteiger partial charge in [-0.05, 0) is 19.1 Å². The second-order valence-corrected chi connectivity index (χ2v) is 2.75. The van der Waals surface area contributed by atoms with E-state index in [1.807, 2.05) is 19.1 Å². The Labute approximate surface area is 78.0 Å². The maximum Gasteiger partial charge on any atom is 0.252 e. The monoisotopic (exact) mass is 173 g/mol. The summed E-state index contributed by atoms with van der Waals surface area (Å²) < 4.78 is 0. The third-order valence-corrected chi connectivity index (χ3v) is 1.66. The van der Waals surface area contributed by atoms with Crippen LogP contribution in [0.2, 0.25) is 0 Å². The number of carbonyl (C=O) groups excluding carboxylic acids is 1. The van der Waals surface area contributed by atoms with Crippen molar-refractivity contribution < 1.29 is 4.79 Å². The number of carbonyl (C=O) groups is 1. The van der Waals surface area contributed by atoms with Crippen molar-refractivity contribution in [2.45, 2.75) is 6.92 Å². The van der Waals surface area contributed by atoms with Crippen LogP contribution in [0.3, 0.4) is 0 Å². The number of nitrogens with one attached hydrogen (secondary N) is 1. The lowest BCUT2D eigenvalue weighted by Gasteiger charge is -2.01. The fourth-order valence-corrected chi connectivity index (χ4v) is 0.938. The number of aryl methyl sites for hydroxylation is 1. The van der Waals surface area contributed by atoms with Gasteiger partial charge < -0.3 is 5.32 Å². The highest BCUT2D eigenvalue weighted by Crippen LogP contribution is 2.02. The second kappa shape index (κ2) is 4.32. The zero-order chi connectivity index (χ0) is 9.68. The summed E-state index contributed by atoms with van der Waals surface area (Å²) in [7, 11) is 0. The largest absolute Gasteiger partial charge is 0.341 e. The molecule has 0 radical (unpaired) electrons. The molecule has 1 aromatic rings. The Morgan fingerprint density at radius 1 is 1.46 bits per heavy atom. The highest BCUT2D eigenvalue weighted by atomic mass is 16.1. The van der Waals surface area contributed by atoms with Gasteiger partial charge in [-0.15, -0.1) is 6.42 Å². The van der Waals surface area contributed by atoms with Crippen LogP contribution < -0.4 is 5.32 Å². The van der Waals surface area contributed by atoms with E-state index < -0.39 is 0 Å². The first-order valence-corrected chi connectivity index (χ1v) is 4.02. The molecule has 0 saturated heterocycles. The minimum atomic E-state index is -0.127. The van der Waals surface area contributed by atoms with Crippen LogP contribution in [0.5, 0.6) is 0 Å². The van der Waals surface area contributed by atoms with Crippen LogP contribution >= 0.6 is 0 Å². The van der Waals surface area contributed by atoms with Gasteiger partial charge in [0.05, 0.1) is 6.54 Å². The van der Waals surface area contributed by atoms with Gasteiger partial charge in [0.15, 0.2) is 0 Å². The zero-order valence-electron chi connectivity index (χ0n) is 7.50. The average molecular weight is 173 g/mol. The SMILES string of the molecule is C#CCNC(=O)c1ccc(C)cc1. The first-order valence-electron chi connectivity index (χ1n) is 4.02. The summed E-state index contributed by atoms with van der Waals surface area (Å²) in [6, 6.07) is 7.35. The van der Waals surface area contributed by atoms with Gasteiger partial charge >= 0.3 is 0 Å². The Morgan fingerprint density at radius 3 is 2.62 bits per heavy atom. The fourth-order valence-electron chi connectivity index (χ4n) is 0.938. The van der Waals surface area contributed by atoms with Crippen LogP contribution in [0.15, 0.2) is 24.3 Å². The molecule has 0 fully saturated rings. The van der Waals surface area contributed by atoms with Crippen molar-refractivity contribution in [3.63, 3.8) is 0 Å². The molecule has 1 amide bonds. The maximum atomic E-state index is 11.3. The van der Waals surface area contributed by atoms with E-state index in [9.17, 15) is 4.79 Å². The lowest BCUT2D eigenvalue weighted by Crippen LogP contribution is -2.23. The molecule has 0 aliphatic rings. The summed E-state index contributed by atoms with van der Waals surface area (Å²) in [6.45, 7) is 2.25. The van der Waals surface area contributed by atoms with Crippen molar-refractivity contribution in [2.24, 2.45) is 0 Å². The number of hydrogen-bond donors (Lipinski definition) is 1. The third-order valence-electron chi connectivity index (χ3n) is 1.66. The molecule has 0 spiro atoms. The number of benzene rings is 1. The maximum absolute atomic E-state index is 11.3. The van der Waals surface area contributed by atoms with E-state index in [0.717, 1.165) is 5.56 Å². The summed E-state index contributed by atoms with van der Waals surface area (Å²) in [6.07, 6.45) is 5.01. The molecule has 0 atom stereocenters. The first kappa shape index (κ1) is 9.34. The molecule has 66 valence electrons. The zero-order valence-corrected chi connectivity index (χ0v) is 7.50. The Hall–Kier alpha value is -1.75. The summed E-state index contributed by atoms with van der Waals surface area (Å²) in [5.41, 5.74) is 1.77. The number of terminal acetylenes is 1. The molecule has 0 saturated carbocycles. The first-order chi connectivity index (χ1) is 6.24. The van der Waals surface area contributed by atoms with E-state index in [4.69, 9.17) is 6.42 Å². The molecule has 0 heterocycles. The van der Waals surface area contributed by atoms with Gasteiger partial charge in [-0.25, -0.2) is 0 Å². The normalized spacial score (nSPS) is 8.92. The van der Waals surface area contributed by atoms with Crippen LogP contribution in [0.1, 0.15) is 15.9 Å². The van der Waals surface area contributed by atoms with Crippen molar-refractivity contribution >= 4 is 5.91 Å². The standard InChI is InChI=1S/C11H11NO/c1-3-8-12-11(13)10-6-4-9(2)5-7-10/h1,4-7H,8H2,2H3,(H,12,13). The Bertz CT molecular complexity index is 332. The molecular formula is C11H11NO. The molecule has 1 rings (SSSR count). The quantitative estimate of drug-likeness (QED) is 0.672. The molecule has 0 bridgehead atoms. The van der Waals surface area contributed by atoms with Crippen molar-refractivity contribution in [2.75, 3.05) is 6.54 Å². The van der Waals surface area contributed by atoms with Gasteiger partial charge in [0, 0.05) is 5.56 Å². The van der Waals surface area contributed by atoms with Crippen LogP contribution in [-0.2, 0) is 0 Å². The van der Waals surface area contributed by atoms with Crippen LogP contribution in [0.4, 0.5) is 0 Å². The Morgan fingerprint density at radius 2 is 2.08 bits per heavy atom. The molecule has 0 aliphatic heterocycles. The molecular weight excluding hydrogens is 162 g/mol. The van der Waals surface area contributed by atoms with Crippen LogP contribution in [0, 0.1) is 19.3 Å². The molecule has 2 nitrogen and oxygen atoms in total. The number of amides is 1. The second-order valence-electron chi connectivity index (χ2n) is 2.75. The molecule has 0 aliphatic carbocycles. The summed E-state index contributed by atoms with van der Waals surface area (Å²) >= 11 is 0. The molecule has 2 heteroatoms. The predicted molar refractivity (Wildman–Crippen MR) is 52.3 cm³/mol. The highest BCUT2D eigenvalue weighted by Gasteiger charge is 2.01. The van der Waals surface area contributed by atoms with Gasteiger partial charge in [0.2, 0.25) is 0 Å². The summed E-state index contributed by atoms with van der Waals surface area (Å²) in [4.78, 5) is 11.3. The average Bonchev–Trinajstić information content (AvgIpc) is 2.15. The molecule has 1 aromatic carbocycles.